The van der Waals surface area contributed by atoms with Crippen molar-refractivity contribution in [1.82, 2.24) is 16.0 Å². The Labute approximate surface area is 209 Å². The Morgan fingerprint density at radius 2 is 1.11 bits per heavy atom. The van der Waals surface area contributed by atoms with Crippen molar-refractivity contribution in [2.75, 3.05) is 13.1 Å². The van der Waals surface area contributed by atoms with Crippen LogP contribution in [0.1, 0.15) is 57.8 Å². The smallest absolute Gasteiger partial charge is 0.326 e. The first-order valence-corrected chi connectivity index (χ1v) is 11.8. The number of unbranched alkanes of at least 4 members (excludes halogenated alkanes) is 2. The fourth-order valence-corrected chi connectivity index (χ4v) is 3.18. The Hall–Kier alpha value is -3.30. The molecule has 14 N–H and O–H groups in total. The molecule has 0 fully saturated rings. The Kier molecular flexibility index (Phi) is 16.4. The highest BCUT2D eigenvalue weighted by Crippen LogP contribution is 2.07. The fourth-order valence-electron chi connectivity index (χ4n) is 3.18. The zero-order chi connectivity index (χ0) is 27.7. The molecule has 15 nitrogen and oxygen atoms in total. The number of nitrogens with one attached hydrogen (secondary N) is 3. The van der Waals surface area contributed by atoms with Gasteiger partial charge in [-0.05, 0) is 51.6 Å². The van der Waals surface area contributed by atoms with Crippen LogP contribution in [0.5, 0.6) is 0 Å². The minimum atomic E-state index is -1.64. The van der Waals surface area contributed by atoms with Gasteiger partial charge in [-0.2, -0.15) is 0 Å². The lowest BCUT2D eigenvalue weighted by Gasteiger charge is -2.25. The van der Waals surface area contributed by atoms with Gasteiger partial charge in [0.15, 0.2) is 0 Å². The molecule has 0 saturated heterocycles. The van der Waals surface area contributed by atoms with E-state index in [9.17, 15) is 33.9 Å². The summed E-state index contributed by atoms with van der Waals surface area (Å²) < 4.78 is 0. The molecule has 0 aromatic heterocycles. The highest BCUT2D eigenvalue weighted by molar-refractivity contribution is 5.95. The number of nitrogens with two attached hydrogens (primary N) is 5. The third-order valence-corrected chi connectivity index (χ3v) is 5.22. The molecule has 4 atom stereocenters. The van der Waals surface area contributed by atoms with Crippen LogP contribution in [0.15, 0.2) is 0 Å². The Morgan fingerprint density at radius 1 is 0.639 bits per heavy atom. The molecule has 36 heavy (non-hydrogen) atoms. The second-order valence-corrected chi connectivity index (χ2v) is 8.37. The van der Waals surface area contributed by atoms with Crippen molar-refractivity contribution in [2.45, 2.75) is 82.0 Å². The van der Waals surface area contributed by atoms with Gasteiger partial charge in [-0.1, -0.05) is 6.42 Å². The maximum absolute atomic E-state index is 13.0. The molecule has 0 aromatic rings. The minimum Gasteiger partial charge on any atom is -0.480 e. The summed E-state index contributed by atoms with van der Waals surface area (Å²) in [5.74, 6) is -5.52. The first kappa shape index (κ1) is 32.7. The SMILES string of the molecule is NCCCCC(N)C(=O)NC(CCCCN)C(=O)NC(CCC(N)=O)C(=O)NC(CC(N)=O)C(=O)O. The normalized spacial score (nSPS) is 14.1. The summed E-state index contributed by atoms with van der Waals surface area (Å²) in [5, 5.41) is 16.3. The van der Waals surface area contributed by atoms with Gasteiger partial charge in [0.1, 0.15) is 18.1 Å². The average Bonchev–Trinajstić information content (AvgIpc) is 2.79. The Balaban J connectivity index is 5.53. The number of primary amides is 2. The molecule has 0 aromatic carbocycles. The highest BCUT2D eigenvalue weighted by atomic mass is 16.4. The number of carbonyl (C=O) groups is 6. The van der Waals surface area contributed by atoms with Gasteiger partial charge < -0.3 is 49.7 Å². The minimum absolute atomic E-state index is 0.188. The van der Waals surface area contributed by atoms with Gasteiger partial charge in [-0.25, -0.2) is 4.79 Å². The summed E-state index contributed by atoms with van der Waals surface area (Å²) in [6.07, 6.45) is 1.67. The standard InChI is InChI=1S/C21H40N8O7/c22-9-3-1-5-12(24)18(32)27-13(6-2-4-10-23)19(33)28-14(7-8-16(25)30)20(34)29-15(21(35)36)11-17(26)31/h12-15H,1-11,22-24H2,(H2,25,30)(H2,26,31)(H,27,32)(H,28,33)(H,29,34)(H,35,36). The van der Waals surface area contributed by atoms with Gasteiger partial charge in [0.05, 0.1) is 12.5 Å². The van der Waals surface area contributed by atoms with E-state index in [2.05, 4.69) is 16.0 Å². The van der Waals surface area contributed by atoms with Crippen molar-refractivity contribution < 1.29 is 33.9 Å². The molecule has 15 heteroatoms. The van der Waals surface area contributed by atoms with Crippen molar-refractivity contribution in [3.63, 3.8) is 0 Å². The van der Waals surface area contributed by atoms with Gasteiger partial charge in [0.2, 0.25) is 29.5 Å². The molecule has 0 aliphatic heterocycles. The van der Waals surface area contributed by atoms with Crippen molar-refractivity contribution in [3.05, 3.63) is 0 Å². The number of carbonyl (C=O) groups excluding carboxylic acids is 5. The molecular weight excluding hydrogens is 476 g/mol. The van der Waals surface area contributed by atoms with E-state index >= 15 is 0 Å². The van der Waals surface area contributed by atoms with Crippen molar-refractivity contribution in [1.29, 1.82) is 0 Å². The molecule has 4 unspecified atom stereocenters. The quantitative estimate of drug-likeness (QED) is 0.0712. The summed E-state index contributed by atoms with van der Waals surface area (Å²) in [4.78, 5) is 72.0. The van der Waals surface area contributed by atoms with Crippen LogP contribution >= 0.6 is 0 Å². The van der Waals surface area contributed by atoms with Crippen LogP contribution in [0.2, 0.25) is 0 Å². The van der Waals surface area contributed by atoms with Crippen LogP contribution in [0, 0.1) is 0 Å². The molecule has 0 spiro atoms. The number of carboxylic acid groups (broad SMARTS) is 1. The lowest BCUT2D eigenvalue weighted by molar-refractivity contribution is -0.144. The van der Waals surface area contributed by atoms with E-state index < -0.39 is 66.1 Å². The van der Waals surface area contributed by atoms with E-state index in [1.54, 1.807) is 0 Å². The second kappa shape index (κ2) is 18.0. The number of hydrogen-bond donors (Lipinski definition) is 9. The maximum Gasteiger partial charge on any atom is 0.326 e. The number of hydrogen-bond acceptors (Lipinski definition) is 9. The third-order valence-electron chi connectivity index (χ3n) is 5.22. The number of aliphatic carboxylic acids is 1. The summed E-state index contributed by atoms with van der Waals surface area (Å²) in [5.41, 5.74) is 27.0. The van der Waals surface area contributed by atoms with Crippen molar-refractivity contribution >= 4 is 35.5 Å². The monoisotopic (exact) mass is 516 g/mol. The summed E-state index contributed by atoms with van der Waals surface area (Å²) in [6, 6.07) is -4.98. The Bertz CT molecular complexity index is 765. The largest absolute Gasteiger partial charge is 0.480 e. The molecule has 206 valence electrons. The van der Waals surface area contributed by atoms with Crippen LogP contribution in [-0.4, -0.2) is 77.9 Å². The van der Waals surface area contributed by atoms with Gasteiger partial charge in [-0.15, -0.1) is 0 Å². The van der Waals surface area contributed by atoms with E-state index in [1.807, 2.05) is 0 Å². The molecule has 0 aliphatic carbocycles. The van der Waals surface area contributed by atoms with Crippen LogP contribution < -0.4 is 44.6 Å². The molecule has 0 rings (SSSR count). The van der Waals surface area contributed by atoms with E-state index in [-0.39, 0.29) is 19.3 Å². The van der Waals surface area contributed by atoms with E-state index in [4.69, 9.17) is 28.7 Å². The lowest BCUT2D eigenvalue weighted by Crippen LogP contribution is -2.57. The third kappa shape index (κ3) is 14.2. The van der Waals surface area contributed by atoms with E-state index in [1.165, 1.54) is 0 Å². The van der Waals surface area contributed by atoms with E-state index in [0.29, 0.717) is 45.2 Å². The number of amides is 5. The zero-order valence-electron chi connectivity index (χ0n) is 20.4. The average molecular weight is 517 g/mol. The van der Waals surface area contributed by atoms with Crippen LogP contribution in [0.25, 0.3) is 0 Å². The summed E-state index contributed by atoms with van der Waals surface area (Å²) >= 11 is 0. The molecule has 0 aliphatic rings. The zero-order valence-corrected chi connectivity index (χ0v) is 20.4. The first-order chi connectivity index (χ1) is 16.9. The molecule has 0 bridgehead atoms. The number of rotatable bonds is 20. The van der Waals surface area contributed by atoms with Crippen molar-refractivity contribution in [2.24, 2.45) is 28.7 Å². The predicted molar refractivity (Wildman–Crippen MR) is 129 cm³/mol. The number of carboxylic acids is 1. The molecular formula is C21H40N8O7. The summed E-state index contributed by atoms with van der Waals surface area (Å²) in [6.45, 7) is 0.816. The van der Waals surface area contributed by atoms with Gasteiger partial charge >= 0.3 is 5.97 Å². The van der Waals surface area contributed by atoms with Gasteiger partial charge in [0, 0.05) is 6.42 Å². The van der Waals surface area contributed by atoms with Crippen LogP contribution in [0.4, 0.5) is 0 Å². The molecule has 5 amide bonds. The fraction of sp³-hybridized carbons (Fsp3) is 0.714. The van der Waals surface area contributed by atoms with Gasteiger partial charge in [0.25, 0.3) is 0 Å². The van der Waals surface area contributed by atoms with E-state index in [0.717, 1.165) is 0 Å². The predicted octanol–water partition coefficient (Wildman–Crippen LogP) is -3.75. The first-order valence-electron chi connectivity index (χ1n) is 11.8. The van der Waals surface area contributed by atoms with Gasteiger partial charge in [-0.3, -0.25) is 24.0 Å². The highest BCUT2D eigenvalue weighted by Gasteiger charge is 2.30. The summed E-state index contributed by atoms with van der Waals surface area (Å²) in [7, 11) is 0. The van der Waals surface area contributed by atoms with Crippen molar-refractivity contribution in [3.8, 4) is 0 Å². The molecule has 0 radical (unpaired) electrons. The topological polar surface area (TPSA) is 289 Å². The Morgan fingerprint density at radius 3 is 1.58 bits per heavy atom. The maximum atomic E-state index is 13.0. The molecule has 0 saturated carbocycles. The van der Waals surface area contributed by atoms with Crippen LogP contribution in [-0.2, 0) is 28.8 Å². The lowest BCUT2D eigenvalue weighted by atomic mass is 10.0. The van der Waals surface area contributed by atoms with Crippen LogP contribution in [0.3, 0.4) is 0 Å². The molecule has 0 heterocycles. The second-order valence-electron chi connectivity index (χ2n) is 8.37.